The lowest BCUT2D eigenvalue weighted by Crippen LogP contribution is -2.18. The molecule has 0 N–H and O–H groups in total. The second-order valence-corrected chi connectivity index (χ2v) is 11.2. The number of aromatic nitrogens is 2. The lowest BCUT2D eigenvalue weighted by molar-refractivity contribution is -0.142. The minimum atomic E-state index is -0.291. The summed E-state index contributed by atoms with van der Waals surface area (Å²) in [6, 6.07) is 4.31. The van der Waals surface area contributed by atoms with Crippen molar-refractivity contribution in [2.75, 3.05) is 13.2 Å². The number of esters is 1. The topological polar surface area (TPSA) is 69.9 Å². The smallest absolute Gasteiger partial charge is 0.311 e. The third kappa shape index (κ3) is 5.13. The van der Waals surface area contributed by atoms with Gasteiger partial charge in [-0.2, -0.15) is 0 Å². The predicted octanol–water partition coefficient (Wildman–Crippen LogP) is 5.97. The molecule has 6 nitrogen and oxygen atoms in total. The van der Waals surface area contributed by atoms with Crippen LogP contribution in [0.3, 0.4) is 0 Å². The first kappa shape index (κ1) is 25.0. The molecule has 0 aliphatic heterocycles. The van der Waals surface area contributed by atoms with E-state index in [1.807, 2.05) is 6.92 Å². The van der Waals surface area contributed by atoms with Crippen molar-refractivity contribution in [1.29, 1.82) is 0 Å². The number of hydrogen-bond donors (Lipinski definition) is 0. The standard InChI is InChI=1S/C26H34N2O4S/c1-9-31-21(30)13-17-14-28-20(15-29)22(27-24(28)33-17)18-11-16(25(3,4)5)12-19(26(6,7)8)23(18)32-10-2/h11-12,14-15H,9-10,13H2,1-8H3. The molecule has 0 bridgehead atoms. The quantitative estimate of drug-likeness (QED) is 0.314. The first-order valence-electron chi connectivity index (χ1n) is 11.3. The van der Waals surface area contributed by atoms with Gasteiger partial charge in [0.2, 0.25) is 0 Å². The Morgan fingerprint density at radius 1 is 1.09 bits per heavy atom. The van der Waals surface area contributed by atoms with Gasteiger partial charge in [0.05, 0.1) is 19.6 Å². The van der Waals surface area contributed by atoms with E-state index in [1.165, 1.54) is 11.3 Å². The second-order valence-electron chi connectivity index (χ2n) is 10.1. The molecule has 0 atom stereocenters. The van der Waals surface area contributed by atoms with Gasteiger partial charge in [0.25, 0.3) is 0 Å². The SMILES string of the molecule is CCOC(=O)Cc1cn2c(C=O)c(-c3cc(C(C)(C)C)cc(C(C)(C)C)c3OCC)nc2s1. The van der Waals surface area contributed by atoms with Crippen molar-refractivity contribution in [2.45, 2.75) is 72.6 Å². The number of carbonyl (C=O) groups excluding carboxylic acids is 2. The van der Waals surface area contributed by atoms with Crippen LogP contribution in [-0.4, -0.2) is 34.9 Å². The zero-order valence-corrected chi connectivity index (χ0v) is 21.7. The first-order chi connectivity index (χ1) is 15.4. The Labute approximate surface area is 199 Å². The Hall–Kier alpha value is -2.67. The Kier molecular flexibility index (Phi) is 7.03. The van der Waals surface area contributed by atoms with Crippen LogP contribution in [0.2, 0.25) is 0 Å². The Balaban J connectivity index is 2.26. The number of rotatable bonds is 7. The summed E-state index contributed by atoms with van der Waals surface area (Å²) in [4.78, 5) is 30.5. The maximum atomic E-state index is 12.3. The summed E-state index contributed by atoms with van der Waals surface area (Å²) >= 11 is 1.39. The Bertz CT molecular complexity index is 1180. The third-order valence-corrected chi connectivity index (χ3v) is 6.44. The van der Waals surface area contributed by atoms with Crippen molar-refractivity contribution in [1.82, 2.24) is 9.38 Å². The van der Waals surface area contributed by atoms with Crippen LogP contribution >= 0.6 is 11.3 Å². The van der Waals surface area contributed by atoms with E-state index < -0.39 is 0 Å². The highest BCUT2D eigenvalue weighted by Gasteiger charge is 2.29. The number of ether oxygens (including phenoxy) is 2. The van der Waals surface area contributed by atoms with E-state index in [-0.39, 0.29) is 23.2 Å². The molecule has 0 saturated heterocycles. The lowest BCUT2D eigenvalue weighted by atomic mass is 9.78. The van der Waals surface area contributed by atoms with Crippen LogP contribution in [0.5, 0.6) is 5.75 Å². The van der Waals surface area contributed by atoms with Crippen LogP contribution in [0.4, 0.5) is 0 Å². The van der Waals surface area contributed by atoms with E-state index >= 15 is 0 Å². The highest BCUT2D eigenvalue weighted by molar-refractivity contribution is 7.17. The fourth-order valence-electron chi connectivity index (χ4n) is 3.75. The molecule has 0 radical (unpaired) electrons. The summed E-state index contributed by atoms with van der Waals surface area (Å²) < 4.78 is 13.0. The number of thiazole rings is 1. The molecule has 3 rings (SSSR count). The maximum absolute atomic E-state index is 12.3. The molecular weight excluding hydrogens is 436 g/mol. The number of nitrogens with zero attached hydrogens (tertiary/aromatic N) is 2. The van der Waals surface area contributed by atoms with Crippen LogP contribution in [0.1, 0.15) is 81.9 Å². The van der Waals surface area contributed by atoms with Crippen molar-refractivity contribution < 1.29 is 19.1 Å². The fraction of sp³-hybridized carbons (Fsp3) is 0.500. The van der Waals surface area contributed by atoms with Crippen LogP contribution in [0, 0.1) is 0 Å². The number of fused-ring (bicyclic) bond motifs is 1. The van der Waals surface area contributed by atoms with Crippen LogP contribution in [0.25, 0.3) is 16.2 Å². The van der Waals surface area contributed by atoms with Crippen LogP contribution < -0.4 is 4.74 Å². The monoisotopic (exact) mass is 470 g/mol. The van der Waals surface area contributed by atoms with Gasteiger partial charge in [-0.05, 0) is 36.3 Å². The van der Waals surface area contributed by atoms with E-state index in [1.54, 1.807) is 17.5 Å². The van der Waals surface area contributed by atoms with Gasteiger partial charge in [-0.25, -0.2) is 4.98 Å². The van der Waals surface area contributed by atoms with Gasteiger partial charge in [0.15, 0.2) is 11.2 Å². The fourth-order valence-corrected chi connectivity index (χ4v) is 4.72. The molecule has 0 spiro atoms. The van der Waals surface area contributed by atoms with Gasteiger partial charge >= 0.3 is 5.97 Å². The molecule has 2 heterocycles. The van der Waals surface area contributed by atoms with Crippen molar-refractivity contribution in [3.8, 4) is 17.0 Å². The molecule has 0 unspecified atom stereocenters. The van der Waals surface area contributed by atoms with Gasteiger partial charge in [-0.1, -0.05) is 47.6 Å². The minimum absolute atomic E-state index is 0.0925. The normalized spacial score (nSPS) is 12.2. The van der Waals surface area contributed by atoms with Gasteiger partial charge in [-0.3, -0.25) is 14.0 Å². The van der Waals surface area contributed by atoms with Crippen LogP contribution in [-0.2, 0) is 26.8 Å². The zero-order chi connectivity index (χ0) is 24.6. The van der Waals surface area contributed by atoms with Crippen molar-refractivity contribution in [3.63, 3.8) is 0 Å². The van der Waals surface area contributed by atoms with E-state index in [0.717, 1.165) is 33.6 Å². The maximum Gasteiger partial charge on any atom is 0.311 e. The average molecular weight is 471 g/mol. The largest absolute Gasteiger partial charge is 0.493 e. The van der Waals surface area contributed by atoms with Crippen molar-refractivity contribution in [2.24, 2.45) is 0 Å². The highest BCUT2D eigenvalue weighted by atomic mass is 32.1. The lowest BCUT2D eigenvalue weighted by Gasteiger charge is -2.29. The van der Waals surface area contributed by atoms with Crippen molar-refractivity contribution in [3.05, 3.63) is 40.0 Å². The van der Waals surface area contributed by atoms with Gasteiger partial charge < -0.3 is 9.47 Å². The van der Waals surface area contributed by atoms with Crippen molar-refractivity contribution >= 4 is 28.6 Å². The van der Waals surface area contributed by atoms with Gasteiger partial charge in [0, 0.05) is 22.2 Å². The molecular formula is C26H34N2O4S. The number of benzene rings is 1. The summed E-state index contributed by atoms with van der Waals surface area (Å²) in [6.45, 7) is 17.6. The summed E-state index contributed by atoms with van der Waals surface area (Å²) in [7, 11) is 0. The zero-order valence-electron chi connectivity index (χ0n) is 20.9. The molecule has 0 amide bonds. The molecule has 33 heavy (non-hydrogen) atoms. The average Bonchev–Trinajstić information content (AvgIpc) is 3.23. The number of carbonyl (C=O) groups is 2. The second kappa shape index (κ2) is 9.29. The molecule has 0 fully saturated rings. The van der Waals surface area contributed by atoms with Gasteiger partial charge in [-0.15, -0.1) is 11.3 Å². The summed E-state index contributed by atoms with van der Waals surface area (Å²) in [5.41, 5.74) is 3.85. The molecule has 7 heteroatoms. The van der Waals surface area contributed by atoms with Crippen LogP contribution in [0.15, 0.2) is 18.3 Å². The molecule has 0 saturated carbocycles. The third-order valence-electron chi connectivity index (χ3n) is 5.45. The molecule has 0 aliphatic carbocycles. The summed E-state index contributed by atoms with van der Waals surface area (Å²) in [5, 5.41) is 0. The first-order valence-corrected chi connectivity index (χ1v) is 12.2. The molecule has 3 aromatic rings. The molecule has 178 valence electrons. The number of imidazole rings is 1. The Morgan fingerprint density at radius 2 is 1.79 bits per heavy atom. The number of aldehydes is 1. The van der Waals surface area contributed by atoms with E-state index in [4.69, 9.17) is 14.5 Å². The highest BCUT2D eigenvalue weighted by Crippen LogP contribution is 2.43. The minimum Gasteiger partial charge on any atom is -0.493 e. The summed E-state index contributed by atoms with van der Waals surface area (Å²) in [6.07, 6.45) is 2.79. The number of hydrogen-bond acceptors (Lipinski definition) is 6. The van der Waals surface area contributed by atoms with E-state index in [9.17, 15) is 9.59 Å². The van der Waals surface area contributed by atoms with E-state index in [2.05, 4.69) is 53.7 Å². The Morgan fingerprint density at radius 3 is 2.33 bits per heavy atom. The predicted molar refractivity (Wildman–Crippen MR) is 133 cm³/mol. The molecule has 1 aromatic carbocycles. The van der Waals surface area contributed by atoms with Gasteiger partial charge in [0.1, 0.15) is 17.1 Å². The molecule has 0 aliphatic rings. The molecule has 2 aromatic heterocycles. The van der Waals surface area contributed by atoms with E-state index in [0.29, 0.717) is 29.6 Å². The summed E-state index contributed by atoms with van der Waals surface area (Å²) in [5.74, 6) is 0.472.